The topological polar surface area (TPSA) is 78.4 Å². The molecular weight excluding hydrogens is 232 g/mol. The second kappa shape index (κ2) is 5.59. The van der Waals surface area contributed by atoms with Crippen molar-refractivity contribution in [1.82, 2.24) is 10.6 Å². The van der Waals surface area contributed by atoms with Gasteiger partial charge in [0.1, 0.15) is 5.54 Å². The molecule has 1 aliphatic rings. The molecule has 3 N–H and O–H groups in total. The van der Waals surface area contributed by atoms with Crippen molar-refractivity contribution in [2.24, 2.45) is 11.8 Å². The van der Waals surface area contributed by atoms with Crippen LogP contribution in [0.4, 0.5) is 4.79 Å². The van der Waals surface area contributed by atoms with E-state index in [0.717, 1.165) is 19.3 Å². The van der Waals surface area contributed by atoms with Crippen LogP contribution in [-0.4, -0.2) is 28.7 Å². The number of carbonyl (C=O) groups is 2. The number of carboxylic acid groups (broad SMARTS) is 1. The van der Waals surface area contributed by atoms with Gasteiger partial charge in [-0.3, -0.25) is 0 Å². The van der Waals surface area contributed by atoms with Gasteiger partial charge in [-0.1, -0.05) is 13.8 Å². The Hall–Kier alpha value is -1.26. The normalized spacial score (nSPS) is 28.6. The number of aliphatic carboxylic acids is 1. The first-order valence-electron chi connectivity index (χ1n) is 6.54. The maximum absolute atomic E-state index is 11.7. The molecule has 1 aliphatic carbocycles. The van der Waals surface area contributed by atoms with Crippen molar-refractivity contribution >= 4 is 12.0 Å². The largest absolute Gasteiger partial charge is 0.480 e. The van der Waals surface area contributed by atoms with E-state index >= 15 is 0 Å². The highest BCUT2D eigenvalue weighted by Gasteiger charge is 2.31. The lowest BCUT2D eigenvalue weighted by Gasteiger charge is -2.33. The minimum absolute atomic E-state index is 0.154. The maximum atomic E-state index is 11.7. The highest BCUT2D eigenvalue weighted by atomic mass is 16.4. The maximum Gasteiger partial charge on any atom is 0.328 e. The lowest BCUT2D eigenvalue weighted by molar-refractivity contribution is -0.142. The molecule has 3 unspecified atom stereocenters. The molecule has 0 aromatic carbocycles. The lowest BCUT2D eigenvalue weighted by atomic mass is 9.79. The van der Waals surface area contributed by atoms with Crippen LogP contribution >= 0.6 is 0 Å². The van der Waals surface area contributed by atoms with Crippen molar-refractivity contribution in [1.29, 1.82) is 0 Å². The zero-order valence-corrected chi connectivity index (χ0v) is 11.6. The van der Waals surface area contributed by atoms with Crippen molar-refractivity contribution < 1.29 is 14.7 Å². The van der Waals surface area contributed by atoms with Crippen molar-refractivity contribution in [3.63, 3.8) is 0 Å². The third-order valence-corrected chi connectivity index (χ3v) is 3.89. The minimum Gasteiger partial charge on any atom is -0.480 e. The third kappa shape index (κ3) is 3.89. The van der Waals surface area contributed by atoms with Gasteiger partial charge in [-0.15, -0.1) is 0 Å². The standard InChI is InChI=1S/C13H24N2O3/c1-8-5-6-10(7-9(8)2)14-12(18)15-13(3,4)11(16)17/h8-10H,5-7H2,1-4H3,(H,16,17)(H2,14,15,18). The number of nitrogens with one attached hydrogen (secondary N) is 2. The summed E-state index contributed by atoms with van der Waals surface area (Å²) in [6, 6.07) is -0.241. The van der Waals surface area contributed by atoms with Crippen molar-refractivity contribution in [2.45, 2.75) is 58.5 Å². The zero-order valence-electron chi connectivity index (χ0n) is 11.6. The summed E-state index contributed by atoms with van der Waals surface area (Å²) in [5.41, 5.74) is -1.24. The van der Waals surface area contributed by atoms with Gasteiger partial charge in [0.2, 0.25) is 0 Å². The monoisotopic (exact) mass is 256 g/mol. The SMILES string of the molecule is CC1CCC(NC(=O)NC(C)(C)C(=O)O)CC1C. The Morgan fingerprint density at radius 2 is 1.78 bits per heavy atom. The van der Waals surface area contributed by atoms with Crippen LogP contribution in [0.2, 0.25) is 0 Å². The van der Waals surface area contributed by atoms with E-state index in [4.69, 9.17) is 5.11 Å². The number of hydrogen-bond donors (Lipinski definition) is 3. The van der Waals surface area contributed by atoms with E-state index in [0.29, 0.717) is 11.8 Å². The third-order valence-electron chi connectivity index (χ3n) is 3.89. The van der Waals surface area contributed by atoms with Gasteiger partial charge in [0.05, 0.1) is 0 Å². The fraction of sp³-hybridized carbons (Fsp3) is 0.846. The second-order valence-corrected chi connectivity index (χ2v) is 5.99. The Kier molecular flexibility index (Phi) is 4.59. The molecule has 18 heavy (non-hydrogen) atoms. The van der Waals surface area contributed by atoms with E-state index in [1.165, 1.54) is 13.8 Å². The van der Waals surface area contributed by atoms with Gasteiger partial charge in [-0.05, 0) is 44.9 Å². The Morgan fingerprint density at radius 3 is 2.28 bits per heavy atom. The zero-order chi connectivity index (χ0) is 13.9. The molecule has 0 aliphatic heterocycles. The summed E-state index contributed by atoms with van der Waals surface area (Å²) in [6.45, 7) is 7.37. The molecule has 1 fully saturated rings. The van der Waals surface area contributed by atoms with E-state index in [9.17, 15) is 9.59 Å². The molecule has 0 aromatic rings. The molecule has 0 heterocycles. The minimum atomic E-state index is -1.24. The quantitative estimate of drug-likeness (QED) is 0.722. The van der Waals surface area contributed by atoms with Gasteiger partial charge in [0.15, 0.2) is 0 Å². The fourth-order valence-corrected chi connectivity index (χ4v) is 2.24. The molecule has 104 valence electrons. The van der Waals surface area contributed by atoms with Gasteiger partial charge in [-0.25, -0.2) is 9.59 Å². The molecule has 0 bridgehead atoms. The Labute approximate surface area is 108 Å². The van der Waals surface area contributed by atoms with Crippen LogP contribution in [0.1, 0.15) is 47.0 Å². The van der Waals surface area contributed by atoms with E-state index in [1.54, 1.807) is 0 Å². The predicted octanol–water partition coefficient (Wildman–Crippen LogP) is 1.97. The van der Waals surface area contributed by atoms with Gasteiger partial charge in [0.25, 0.3) is 0 Å². The van der Waals surface area contributed by atoms with E-state index < -0.39 is 17.5 Å². The number of hydrogen-bond acceptors (Lipinski definition) is 2. The summed E-state index contributed by atoms with van der Waals surface area (Å²) < 4.78 is 0. The molecule has 2 amide bonds. The summed E-state index contributed by atoms with van der Waals surface area (Å²) in [7, 11) is 0. The summed E-state index contributed by atoms with van der Waals surface area (Å²) in [6.07, 6.45) is 3.03. The summed E-state index contributed by atoms with van der Waals surface area (Å²) in [5.74, 6) is 0.251. The predicted molar refractivity (Wildman–Crippen MR) is 69.3 cm³/mol. The number of carbonyl (C=O) groups excluding carboxylic acids is 1. The molecule has 0 radical (unpaired) electrons. The van der Waals surface area contributed by atoms with E-state index in [2.05, 4.69) is 24.5 Å². The fourth-order valence-electron chi connectivity index (χ4n) is 2.24. The molecule has 1 rings (SSSR count). The summed E-state index contributed by atoms with van der Waals surface area (Å²) in [5, 5.41) is 14.3. The number of carboxylic acids is 1. The van der Waals surface area contributed by atoms with Gasteiger partial charge in [0, 0.05) is 6.04 Å². The van der Waals surface area contributed by atoms with E-state index in [-0.39, 0.29) is 6.04 Å². The van der Waals surface area contributed by atoms with Crippen LogP contribution in [0.5, 0.6) is 0 Å². The first-order valence-corrected chi connectivity index (χ1v) is 6.54. The first-order chi connectivity index (χ1) is 8.22. The van der Waals surface area contributed by atoms with Crippen LogP contribution in [-0.2, 0) is 4.79 Å². The molecule has 5 heteroatoms. The molecule has 0 saturated heterocycles. The molecule has 5 nitrogen and oxygen atoms in total. The van der Waals surface area contributed by atoms with Crippen molar-refractivity contribution in [3.05, 3.63) is 0 Å². The van der Waals surface area contributed by atoms with E-state index in [1.807, 2.05) is 0 Å². The Balaban J connectivity index is 2.44. The summed E-state index contributed by atoms with van der Waals surface area (Å²) >= 11 is 0. The lowest BCUT2D eigenvalue weighted by Crippen LogP contribution is -2.55. The number of urea groups is 1. The van der Waals surface area contributed by atoms with Crippen molar-refractivity contribution in [2.75, 3.05) is 0 Å². The molecule has 0 aromatic heterocycles. The van der Waals surface area contributed by atoms with Gasteiger partial charge >= 0.3 is 12.0 Å². The average Bonchev–Trinajstić information content (AvgIpc) is 2.22. The molecule has 0 spiro atoms. The molecule has 3 atom stereocenters. The number of rotatable bonds is 3. The smallest absolute Gasteiger partial charge is 0.328 e. The Bertz CT molecular complexity index is 328. The highest BCUT2D eigenvalue weighted by Crippen LogP contribution is 2.29. The van der Waals surface area contributed by atoms with Crippen LogP contribution < -0.4 is 10.6 Å². The summed E-state index contributed by atoms with van der Waals surface area (Å²) in [4.78, 5) is 22.6. The molecular formula is C13H24N2O3. The molecule has 1 saturated carbocycles. The van der Waals surface area contributed by atoms with Gasteiger partial charge < -0.3 is 15.7 Å². The number of amides is 2. The van der Waals surface area contributed by atoms with Crippen LogP contribution in [0, 0.1) is 11.8 Å². The van der Waals surface area contributed by atoms with Crippen LogP contribution in [0.15, 0.2) is 0 Å². The Morgan fingerprint density at radius 1 is 1.17 bits per heavy atom. The van der Waals surface area contributed by atoms with Crippen LogP contribution in [0.25, 0.3) is 0 Å². The average molecular weight is 256 g/mol. The highest BCUT2D eigenvalue weighted by molar-refractivity contribution is 5.85. The second-order valence-electron chi connectivity index (χ2n) is 5.99. The van der Waals surface area contributed by atoms with Crippen molar-refractivity contribution in [3.8, 4) is 0 Å². The van der Waals surface area contributed by atoms with Crippen LogP contribution in [0.3, 0.4) is 0 Å². The first kappa shape index (κ1) is 14.8. The van der Waals surface area contributed by atoms with Gasteiger partial charge in [-0.2, -0.15) is 0 Å².